The number of aryl methyl sites for hydroxylation is 1. The minimum atomic E-state index is -0.996. The smallest absolute Gasteiger partial charge is 0.251 e. The van der Waals surface area contributed by atoms with Gasteiger partial charge in [0.15, 0.2) is 11.0 Å². The number of benzene rings is 2. The highest BCUT2D eigenvalue weighted by Gasteiger charge is 2.38. The highest BCUT2D eigenvalue weighted by atomic mass is 32.1. The molecule has 146 valence electrons. The summed E-state index contributed by atoms with van der Waals surface area (Å²) in [5, 5.41) is 3.87. The molecule has 0 spiro atoms. The Bertz CT molecular complexity index is 1130. The number of hydrogen-bond acceptors (Lipinski definition) is 4. The van der Waals surface area contributed by atoms with Gasteiger partial charge in [-0.2, -0.15) is 0 Å². The second-order valence-electron chi connectivity index (χ2n) is 6.90. The number of hydrogen-bond donors (Lipinski definition) is 2. The zero-order chi connectivity index (χ0) is 20.4. The van der Waals surface area contributed by atoms with E-state index in [-0.39, 0.29) is 11.0 Å². The van der Waals surface area contributed by atoms with Crippen LogP contribution in [-0.2, 0) is 16.0 Å². The number of aromatic nitrogens is 1. The van der Waals surface area contributed by atoms with Crippen LogP contribution in [0.3, 0.4) is 0 Å². The molecule has 0 saturated carbocycles. The lowest BCUT2D eigenvalue weighted by Crippen LogP contribution is -2.58. The van der Waals surface area contributed by atoms with E-state index in [1.165, 1.54) is 11.1 Å². The first-order chi connectivity index (χ1) is 14.1. The molecule has 0 bridgehead atoms. The number of nitrogens with zero attached hydrogens (tertiary/aromatic N) is 2. The maximum absolute atomic E-state index is 13.0. The Hall–Kier alpha value is -3.32. The summed E-state index contributed by atoms with van der Waals surface area (Å²) in [5.41, 5.74) is 3.80. The fourth-order valence-corrected chi connectivity index (χ4v) is 3.76. The van der Waals surface area contributed by atoms with Gasteiger partial charge in [-0.3, -0.25) is 19.5 Å². The van der Waals surface area contributed by atoms with Crippen LogP contribution >= 0.6 is 12.2 Å². The van der Waals surface area contributed by atoms with E-state index in [1.54, 1.807) is 0 Å². The average Bonchev–Trinajstić information content (AvgIpc) is 3.12. The first-order valence-corrected chi connectivity index (χ1v) is 9.76. The van der Waals surface area contributed by atoms with Gasteiger partial charge in [0.2, 0.25) is 5.91 Å². The van der Waals surface area contributed by atoms with E-state index in [2.05, 4.69) is 21.4 Å². The normalized spacial score (nSPS) is 17.3. The minimum Gasteiger partial charge on any atom is -0.361 e. The lowest BCUT2D eigenvalue weighted by molar-refractivity contribution is -0.130. The third kappa shape index (κ3) is 3.69. The summed E-state index contributed by atoms with van der Waals surface area (Å²) in [6, 6.07) is 15.5. The van der Waals surface area contributed by atoms with Crippen LogP contribution in [0.25, 0.3) is 10.9 Å². The molecule has 0 aliphatic carbocycles. The van der Waals surface area contributed by atoms with Crippen molar-refractivity contribution >= 4 is 51.9 Å². The summed E-state index contributed by atoms with van der Waals surface area (Å²) in [4.78, 5) is 34.3. The van der Waals surface area contributed by atoms with Crippen molar-refractivity contribution in [3.63, 3.8) is 0 Å². The van der Waals surface area contributed by atoms with Crippen molar-refractivity contribution in [2.24, 2.45) is 10.9 Å². The number of H-pyrrole nitrogens is 1. The molecule has 4 rings (SSSR count). The summed E-state index contributed by atoms with van der Waals surface area (Å²) in [5.74, 6) is -1.83. The van der Waals surface area contributed by atoms with Crippen molar-refractivity contribution in [2.75, 3.05) is 11.4 Å². The first-order valence-electron chi connectivity index (χ1n) is 9.35. The van der Waals surface area contributed by atoms with Crippen molar-refractivity contribution in [1.82, 2.24) is 10.3 Å². The molecule has 1 aliphatic rings. The van der Waals surface area contributed by atoms with Gasteiger partial charge in [-0.05, 0) is 48.8 Å². The summed E-state index contributed by atoms with van der Waals surface area (Å²) in [6.07, 6.45) is 4.11. The number of aliphatic imine (C=N–C) groups is 1. The zero-order valence-electron chi connectivity index (χ0n) is 15.9. The molecule has 1 atom stereocenters. The van der Waals surface area contributed by atoms with Gasteiger partial charge in [-0.15, -0.1) is 0 Å². The predicted molar refractivity (Wildman–Crippen MR) is 118 cm³/mol. The molecule has 0 unspecified atom stereocenters. The van der Waals surface area contributed by atoms with E-state index in [9.17, 15) is 9.59 Å². The maximum Gasteiger partial charge on any atom is 0.251 e. The highest BCUT2D eigenvalue weighted by molar-refractivity contribution is 7.80. The van der Waals surface area contributed by atoms with Crippen molar-refractivity contribution in [1.29, 1.82) is 0 Å². The van der Waals surface area contributed by atoms with Gasteiger partial charge in [0.25, 0.3) is 5.91 Å². The average molecular weight is 404 g/mol. The Morgan fingerprint density at radius 3 is 2.72 bits per heavy atom. The molecular weight excluding hydrogens is 384 g/mol. The molecule has 6 nitrogen and oxygen atoms in total. The van der Waals surface area contributed by atoms with Crippen molar-refractivity contribution in [2.45, 2.75) is 13.3 Å². The standard InChI is InChI=1S/C22H20N4O2S/c1-14-6-2-5-9-19(14)26-21(28)17(20(27)25-22(26)29)13-23-11-10-15-12-24-18-8-4-3-7-16(15)18/h2-9,12-13,17,24H,10-11H2,1H3,(H,25,27,29)/t17-/m1/s1. The Labute approximate surface area is 173 Å². The van der Waals surface area contributed by atoms with Crippen LogP contribution in [0.5, 0.6) is 0 Å². The maximum atomic E-state index is 13.0. The fourth-order valence-electron chi connectivity index (χ4n) is 3.47. The van der Waals surface area contributed by atoms with Gasteiger partial charge in [0.1, 0.15) is 0 Å². The topological polar surface area (TPSA) is 77.6 Å². The predicted octanol–water partition coefficient (Wildman–Crippen LogP) is 3.15. The molecule has 3 aromatic rings. The van der Waals surface area contributed by atoms with E-state index in [1.807, 2.05) is 55.6 Å². The Balaban J connectivity index is 1.48. The van der Waals surface area contributed by atoms with E-state index in [0.29, 0.717) is 18.7 Å². The Morgan fingerprint density at radius 2 is 1.90 bits per heavy atom. The zero-order valence-corrected chi connectivity index (χ0v) is 16.7. The van der Waals surface area contributed by atoms with Gasteiger partial charge in [-0.1, -0.05) is 36.4 Å². The molecule has 2 amide bonds. The van der Waals surface area contributed by atoms with Crippen molar-refractivity contribution in [3.8, 4) is 0 Å². The van der Waals surface area contributed by atoms with Gasteiger partial charge < -0.3 is 10.3 Å². The number of fused-ring (bicyclic) bond motifs is 1. The number of nitrogens with one attached hydrogen (secondary N) is 2. The third-order valence-electron chi connectivity index (χ3n) is 5.00. The Kier molecular flexibility index (Phi) is 5.22. The number of rotatable bonds is 5. The van der Waals surface area contributed by atoms with Crippen LogP contribution in [-0.4, -0.2) is 34.7 Å². The second kappa shape index (κ2) is 7.97. The van der Waals surface area contributed by atoms with Crippen LogP contribution in [0.15, 0.2) is 59.7 Å². The van der Waals surface area contributed by atoms with E-state index in [0.717, 1.165) is 22.0 Å². The monoisotopic (exact) mass is 404 g/mol. The number of para-hydroxylation sites is 2. The number of amides is 2. The molecule has 2 heterocycles. The van der Waals surface area contributed by atoms with Crippen LogP contribution in [0, 0.1) is 12.8 Å². The molecule has 1 aliphatic heterocycles. The molecule has 2 aromatic carbocycles. The van der Waals surface area contributed by atoms with Gasteiger partial charge in [0.05, 0.1) is 5.69 Å². The van der Waals surface area contributed by atoms with Crippen LogP contribution < -0.4 is 10.2 Å². The van der Waals surface area contributed by atoms with Crippen LogP contribution in [0.4, 0.5) is 5.69 Å². The second-order valence-corrected chi connectivity index (χ2v) is 7.28. The molecule has 1 saturated heterocycles. The largest absolute Gasteiger partial charge is 0.361 e. The number of carbonyl (C=O) groups is 2. The third-order valence-corrected chi connectivity index (χ3v) is 5.28. The number of anilines is 1. The van der Waals surface area contributed by atoms with E-state index < -0.39 is 11.8 Å². The number of carbonyl (C=O) groups excluding carboxylic acids is 2. The highest BCUT2D eigenvalue weighted by Crippen LogP contribution is 2.24. The van der Waals surface area contributed by atoms with E-state index in [4.69, 9.17) is 12.2 Å². The van der Waals surface area contributed by atoms with Crippen LogP contribution in [0.2, 0.25) is 0 Å². The molecule has 1 fully saturated rings. The van der Waals surface area contributed by atoms with Crippen molar-refractivity contribution in [3.05, 3.63) is 65.9 Å². The van der Waals surface area contributed by atoms with Gasteiger partial charge >= 0.3 is 0 Å². The molecule has 29 heavy (non-hydrogen) atoms. The molecule has 7 heteroatoms. The summed E-state index contributed by atoms with van der Waals surface area (Å²) >= 11 is 5.24. The minimum absolute atomic E-state index is 0.0951. The number of thiocarbonyl (C=S) groups is 1. The van der Waals surface area contributed by atoms with Crippen LogP contribution in [0.1, 0.15) is 11.1 Å². The summed E-state index contributed by atoms with van der Waals surface area (Å²) in [7, 11) is 0. The summed E-state index contributed by atoms with van der Waals surface area (Å²) < 4.78 is 0. The van der Waals surface area contributed by atoms with Gasteiger partial charge in [-0.25, -0.2) is 0 Å². The fraction of sp³-hybridized carbons (Fsp3) is 0.182. The van der Waals surface area contributed by atoms with E-state index >= 15 is 0 Å². The quantitative estimate of drug-likeness (QED) is 0.390. The number of aromatic amines is 1. The molecule has 1 aromatic heterocycles. The first kappa shape index (κ1) is 19.0. The SMILES string of the molecule is Cc1ccccc1N1C(=O)[C@H](C=NCCc2c[nH]c3ccccc23)C(=O)NC1=S. The molecule has 0 radical (unpaired) electrons. The Morgan fingerprint density at radius 1 is 1.14 bits per heavy atom. The molecular formula is C22H20N4O2S. The van der Waals surface area contributed by atoms with Crippen molar-refractivity contribution < 1.29 is 9.59 Å². The molecule has 2 N–H and O–H groups in total. The lowest BCUT2D eigenvalue weighted by Gasteiger charge is -2.31. The van der Waals surface area contributed by atoms with Gasteiger partial charge in [0, 0.05) is 29.9 Å². The summed E-state index contributed by atoms with van der Waals surface area (Å²) in [6.45, 7) is 2.37. The lowest BCUT2D eigenvalue weighted by atomic mass is 10.0.